The molecular formula is C17H14ClN3O3. The number of benzene rings is 1. The second kappa shape index (κ2) is 5.79. The number of carbonyl (C=O) groups excluding carboxylic acids is 1. The Morgan fingerprint density at radius 3 is 2.96 bits per heavy atom. The fraction of sp³-hybridized carbons (Fsp3) is 0.235. The standard InChI is InChI=1S/C17H14ClN3O3/c1-10-7-12(18)4-5-13(10)21-9-11(8-15(21)22)16-19-17(24-20-16)14-3-2-6-23-14/h2-7,11H,8-9H2,1H3. The molecule has 2 aromatic heterocycles. The zero-order chi connectivity index (χ0) is 16.7. The molecule has 0 spiro atoms. The molecule has 6 nitrogen and oxygen atoms in total. The number of hydrogen-bond acceptors (Lipinski definition) is 5. The van der Waals surface area contributed by atoms with E-state index in [4.69, 9.17) is 20.5 Å². The second-order valence-corrected chi connectivity index (χ2v) is 6.21. The van der Waals surface area contributed by atoms with E-state index in [1.165, 1.54) is 0 Å². The number of furan rings is 1. The molecule has 0 N–H and O–H groups in total. The van der Waals surface area contributed by atoms with E-state index in [2.05, 4.69) is 10.1 Å². The van der Waals surface area contributed by atoms with Crippen LogP contribution in [0, 0.1) is 6.92 Å². The first kappa shape index (κ1) is 15.0. The molecule has 7 heteroatoms. The van der Waals surface area contributed by atoms with Crippen LogP contribution < -0.4 is 4.90 Å². The Morgan fingerprint density at radius 2 is 2.21 bits per heavy atom. The minimum absolute atomic E-state index is 0.0368. The summed E-state index contributed by atoms with van der Waals surface area (Å²) in [6, 6.07) is 9.00. The van der Waals surface area contributed by atoms with Crippen molar-refractivity contribution in [1.82, 2.24) is 10.1 Å². The van der Waals surface area contributed by atoms with Gasteiger partial charge in [0.15, 0.2) is 11.6 Å². The fourth-order valence-electron chi connectivity index (χ4n) is 2.94. The zero-order valence-corrected chi connectivity index (χ0v) is 13.7. The van der Waals surface area contributed by atoms with E-state index in [9.17, 15) is 4.79 Å². The number of rotatable bonds is 3. The van der Waals surface area contributed by atoms with Crippen LogP contribution in [0.25, 0.3) is 11.7 Å². The van der Waals surface area contributed by atoms with Gasteiger partial charge < -0.3 is 13.8 Å². The Morgan fingerprint density at radius 1 is 1.33 bits per heavy atom. The first-order valence-corrected chi connectivity index (χ1v) is 7.93. The van der Waals surface area contributed by atoms with Crippen LogP contribution in [0.4, 0.5) is 5.69 Å². The molecule has 1 unspecified atom stereocenters. The van der Waals surface area contributed by atoms with Gasteiger partial charge in [-0.25, -0.2) is 0 Å². The average Bonchev–Trinajstić information content (AvgIpc) is 3.27. The minimum Gasteiger partial charge on any atom is -0.459 e. The smallest absolute Gasteiger partial charge is 0.293 e. The number of aryl methyl sites for hydroxylation is 1. The van der Waals surface area contributed by atoms with Gasteiger partial charge >= 0.3 is 0 Å². The predicted molar refractivity (Wildman–Crippen MR) is 87.9 cm³/mol. The quantitative estimate of drug-likeness (QED) is 0.723. The van der Waals surface area contributed by atoms with E-state index in [0.717, 1.165) is 11.3 Å². The molecular weight excluding hydrogens is 330 g/mol. The predicted octanol–water partition coefficient (Wildman–Crippen LogP) is 3.81. The van der Waals surface area contributed by atoms with Crippen molar-refractivity contribution < 1.29 is 13.7 Å². The molecule has 1 atom stereocenters. The van der Waals surface area contributed by atoms with Gasteiger partial charge in [0, 0.05) is 29.6 Å². The van der Waals surface area contributed by atoms with Crippen LogP contribution in [0.1, 0.15) is 23.7 Å². The molecule has 0 radical (unpaired) electrons. The van der Waals surface area contributed by atoms with E-state index in [1.54, 1.807) is 29.4 Å². The number of aromatic nitrogens is 2. The monoisotopic (exact) mass is 343 g/mol. The number of halogens is 1. The van der Waals surface area contributed by atoms with Crippen molar-refractivity contribution in [2.24, 2.45) is 0 Å². The molecule has 1 aliphatic heterocycles. The molecule has 24 heavy (non-hydrogen) atoms. The highest BCUT2D eigenvalue weighted by atomic mass is 35.5. The Hall–Kier alpha value is -2.60. The molecule has 1 aliphatic rings. The van der Waals surface area contributed by atoms with Gasteiger partial charge in [0.1, 0.15) is 0 Å². The van der Waals surface area contributed by atoms with E-state index < -0.39 is 0 Å². The molecule has 3 aromatic rings. The van der Waals surface area contributed by atoms with Crippen molar-refractivity contribution >= 4 is 23.2 Å². The first-order chi connectivity index (χ1) is 11.6. The summed E-state index contributed by atoms with van der Waals surface area (Å²) < 4.78 is 10.5. The summed E-state index contributed by atoms with van der Waals surface area (Å²) >= 11 is 5.99. The molecule has 3 heterocycles. The summed E-state index contributed by atoms with van der Waals surface area (Å²) in [5.41, 5.74) is 1.82. The fourth-order valence-corrected chi connectivity index (χ4v) is 3.16. The summed E-state index contributed by atoms with van der Waals surface area (Å²) in [6.45, 7) is 2.45. The third-order valence-corrected chi connectivity index (χ3v) is 4.35. The summed E-state index contributed by atoms with van der Waals surface area (Å²) in [4.78, 5) is 18.5. The SMILES string of the molecule is Cc1cc(Cl)ccc1N1CC(c2noc(-c3ccco3)n2)CC1=O. The molecule has 1 saturated heterocycles. The van der Waals surface area contributed by atoms with Gasteiger partial charge in [-0.3, -0.25) is 4.79 Å². The molecule has 0 bridgehead atoms. The number of hydrogen-bond donors (Lipinski definition) is 0. The van der Waals surface area contributed by atoms with Crippen molar-refractivity contribution in [3.63, 3.8) is 0 Å². The average molecular weight is 344 g/mol. The van der Waals surface area contributed by atoms with Crippen LogP contribution in [0.2, 0.25) is 5.02 Å². The molecule has 0 saturated carbocycles. The van der Waals surface area contributed by atoms with Gasteiger partial charge in [-0.1, -0.05) is 16.8 Å². The molecule has 0 aliphatic carbocycles. The highest BCUT2D eigenvalue weighted by molar-refractivity contribution is 6.30. The summed E-state index contributed by atoms with van der Waals surface area (Å²) in [5.74, 6) is 1.28. The van der Waals surface area contributed by atoms with Gasteiger partial charge in [-0.2, -0.15) is 4.98 Å². The third-order valence-electron chi connectivity index (χ3n) is 4.11. The normalized spacial score (nSPS) is 17.7. The van der Waals surface area contributed by atoms with Gasteiger partial charge in [-0.05, 0) is 42.8 Å². The largest absolute Gasteiger partial charge is 0.459 e. The Kier molecular flexibility index (Phi) is 3.61. The maximum absolute atomic E-state index is 12.4. The van der Waals surface area contributed by atoms with Gasteiger partial charge in [0.05, 0.1) is 6.26 Å². The number of anilines is 1. The molecule has 4 rings (SSSR count). The number of carbonyl (C=O) groups is 1. The van der Waals surface area contributed by atoms with Crippen LogP contribution >= 0.6 is 11.6 Å². The van der Waals surface area contributed by atoms with E-state index in [-0.39, 0.29) is 11.8 Å². The molecule has 1 aromatic carbocycles. The highest BCUT2D eigenvalue weighted by Gasteiger charge is 2.35. The lowest BCUT2D eigenvalue weighted by Crippen LogP contribution is -2.25. The first-order valence-electron chi connectivity index (χ1n) is 7.56. The van der Waals surface area contributed by atoms with Crippen LogP contribution in [0.15, 0.2) is 45.5 Å². The van der Waals surface area contributed by atoms with Crippen LogP contribution in [0.3, 0.4) is 0 Å². The lowest BCUT2D eigenvalue weighted by atomic mass is 10.1. The van der Waals surface area contributed by atoms with E-state index >= 15 is 0 Å². The van der Waals surface area contributed by atoms with Gasteiger partial charge in [0.25, 0.3) is 5.89 Å². The lowest BCUT2D eigenvalue weighted by molar-refractivity contribution is -0.117. The topological polar surface area (TPSA) is 72.4 Å². The van der Waals surface area contributed by atoms with Crippen molar-refractivity contribution in [3.05, 3.63) is 53.0 Å². The Labute approximate surface area is 143 Å². The highest BCUT2D eigenvalue weighted by Crippen LogP contribution is 2.33. The maximum Gasteiger partial charge on any atom is 0.293 e. The van der Waals surface area contributed by atoms with Crippen molar-refractivity contribution in [3.8, 4) is 11.7 Å². The molecule has 122 valence electrons. The van der Waals surface area contributed by atoms with Crippen molar-refractivity contribution in [2.75, 3.05) is 11.4 Å². The van der Waals surface area contributed by atoms with Crippen LogP contribution in [-0.2, 0) is 4.79 Å². The Balaban J connectivity index is 1.58. The second-order valence-electron chi connectivity index (χ2n) is 5.77. The van der Waals surface area contributed by atoms with Crippen molar-refractivity contribution in [1.29, 1.82) is 0 Å². The van der Waals surface area contributed by atoms with Gasteiger partial charge in [0.2, 0.25) is 5.91 Å². The number of nitrogens with zero attached hydrogens (tertiary/aromatic N) is 3. The lowest BCUT2D eigenvalue weighted by Gasteiger charge is -2.18. The third kappa shape index (κ3) is 2.59. The van der Waals surface area contributed by atoms with Crippen LogP contribution in [-0.4, -0.2) is 22.6 Å². The summed E-state index contributed by atoms with van der Waals surface area (Å²) in [7, 11) is 0. The molecule has 1 fully saturated rings. The minimum atomic E-state index is -0.111. The number of amides is 1. The van der Waals surface area contributed by atoms with Crippen LogP contribution in [0.5, 0.6) is 0 Å². The Bertz CT molecular complexity index is 888. The molecule has 1 amide bonds. The van der Waals surface area contributed by atoms with Gasteiger partial charge in [-0.15, -0.1) is 0 Å². The zero-order valence-electron chi connectivity index (χ0n) is 12.9. The summed E-state index contributed by atoms with van der Waals surface area (Å²) in [5, 5.41) is 4.66. The van der Waals surface area contributed by atoms with E-state index in [1.807, 2.05) is 19.1 Å². The summed E-state index contributed by atoms with van der Waals surface area (Å²) in [6.07, 6.45) is 1.89. The van der Waals surface area contributed by atoms with Crippen molar-refractivity contribution in [2.45, 2.75) is 19.3 Å². The maximum atomic E-state index is 12.4. The van der Waals surface area contributed by atoms with E-state index in [0.29, 0.717) is 35.5 Å².